The van der Waals surface area contributed by atoms with Gasteiger partial charge in [-0.2, -0.15) is 0 Å². The van der Waals surface area contributed by atoms with Gasteiger partial charge in [0, 0.05) is 25.7 Å². The molecule has 0 spiro atoms. The smallest absolute Gasteiger partial charge is 0.139 e. The molecule has 0 N–H and O–H groups in total. The van der Waals surface area contributed by atoms with Crippen LogP contribution in [0.25, 0.3) is 91.8 Å². The molecule has 0 radical (unpaired) electrons. The van der Waals surface area contributed by atoms with E-state index in [1.54, 1.807) is 0 Å². The highest BCUT2D eigenvalue weighted by molar-refractivity contribution is 7.26. The molecule has 8 aromatic carbocycles. The van der Waals surface area contributed by atoms with E-state index in [1.807, 2.05) is 11.3 Å². The molecule has 0 saturated heterocycles. The van der Waals surface area contributed by atoms with Gasteiger partial charge in [-0.05, 0) is 92.7 Å². The SMILES string of the molecule is Bc1c(B)c(B)c(-c2ccc3c(-c4ccccc4-n4c(C)nc5ccccc54)c4ccccc4c(-c4cccc5sc6ccccc6c45)c3c2)c(B)c1B. The minimum Gasteiger partial charge on any atom is -0.296 e. The van der Waals surface area contributed by atoms with Crippen LogP contribution in [0, 0.1) is 6.92 Å². The van der Waals surface area contributed by atoms with E-state index < -0.39 is 0 Å². The monoisotopic (exact) mass is 702 g/mol. The number of thiophene rings is 1. The maximum atomic E-state index is 5.00. The van der Waals surface area contributed by atoms with Crippen LogP contribution in [0.1, 0.15) is 5.82 Å². The summed E-state index contributed by atoms with van der Waals surface area (Å²) in [5.74, 6) is 0.975. The number of para-hydroxylation sites is 3. The highest BCUT2D eigenvalue weighted by atomic mass is 32.1. The number of hydrogen-bond acceptors (Lipinski definition) is 2. The molecular formula is C46H35B5N2S. The van der Waals surface area contributed by atoms with Gasteiger partial charge in [0.05, 0.1) is 16.7 Å². The molecule has 0 unspecified atom stereocenters. The molecule has 54 heavy (non-hydrogen) atoms. The van der Waals surface area contributed by atoms with Gasteiger partial charge in [-0.3, -0.25) is 4.57 Å². The lowest BCUT2D eigenvalue weighted by atomic mass is 9.59. The third-order valence-electron chi connectivity index (χ3n) is 12.1. The summed E-state index contributed by atoms with van der Waals surface area (Å²) in [5, 5.41) is 7.66. The minimum atomic E-state index is 0.975. The topological polar surface area (TPSA) is 17.8 Å². The number of hydrogen-bond donors (Lipinski definition) is 0. The number of nitrogens with zero attached hydrogens (tertiary/aromatic N) is 2. The van der Waals surface area contributed by atoms with Crippen molar-refractivity contribution in [1.29, 1.82) is 0 Å². The first-order valence-corrected chi connectivity index (χ1v) is 19.6. The van der Waals surface area contributed by atoms with Crippen molar-refractivity contribution in [3.05, 3.63) is 139 Å². The zero-order chi connectivity index (χ0) is 36.8. The van der Waals surface area contributed by atoms with Gasteiger partial charge in [0.2, 0.25) is 0 Å². The van der Waals surface area contributed by atoms with Gasteiger partial charge in [-0.1, -0.05) is 108 Å². The van der Waals surface area contributed by atoms with Crippen molar-refractivity contribution in [1.82, 2.24) is 9.55 Å². The van der Waals surface area contributed by atoms with Gasteiger partial charge in [-0.25, -0.2) is 4.98 Å². The molecule has 0 amide bonds. The molecule has 0 atom stereocenters. The summed E-state index contributed by atoms with van der Waals surface area (Å²) in [7, 11) is 11.4. The first-order chi connectivity index (χ1) is 26.3. The summed E-state index contributed by atoms with van der Waals surface area (Å²) in [6.45, 7) is 2.12. The zero-order valence-electron chi connectivity index (χ0n) is 31.5. The van der Waals surface area contributed by atoms with Gasteiger partial charge in [0.15, 0.2) is 0 Å². The number of fused-ring (bicyclic) bond motifs is 6. The molecule has 10 rings (SSSR count). The Morgan fingerprint density at radius 2 is 1.06 bits per heavy atom. The molecule has 0 aliphatic carbocycles. The van der Waals surface area contributed by atoms with Crippen molar-refractivity contribution < 1.29 is 0 Å². The zero-order valence-corrected chi connectivity index (χ0v) is 32.3. The molecule has 0 saturated carbocycles. The third-order valence-corrected chi connectivity index (χ3v) is 13.3. The lowest BCUT2D eigenvalue weighted by Gasteiger charge is -2.23. The van der Waals surface area contributed by atoms with Crippen LogP contribution in [-0.2, 0) is 0 Å². The summed E-state index contributed by atoms with van der Waals surface area (Å²) in [4.78, 5) is 5.00. The lowest BCUT2D eigenvalue weighted by molar-refractivity contribution is 1.00. The van der Waals surface area contributed by atoms with Crippen molar-refractivity contribution in [3.8, 4) is 39.1 Å². The van der Waals surface area contributed by atoms with Crippen LogP contribution >= 0.6 is 11.3 Å². The molecule has 0 aliphatic heterocycles. The normalized spacial score (nSPS) is 11.8. The second-order valence-corrected chi connectivity index (χ2v) is 15.9. The molecule has 8 heteroatoms. The molecule has 2 nitrogen and oxygen atoms in total. The Labute approximate surface area is 323 Å². The molecule has 2 aromatic heterocycles. The summed E-state index contributed by atoms with van der Waals surface area (Å²) >= 11 is 1.88. The van der Waals surface area contributed by atoms with Crippen molar-refractivity contribution in [2.24, 2.45) is 0 Å². The van der Waals surface area contributed by atoms with Crippen LogP contribution in [0.5, 0.6) is 0 Å². The van der Waals surface area contributed by atoms with Crippen LogP contribution in [0.2, 0.25) is 0 Å². The van der Waals surface area contributed by atoms with Gasteiger partial charge < -0.3 is 0 Å². The molecule has 2 heterocycles. The van der Waals surface area contributed by atoms with Crippen molar-refractivity contribution >= 4 is 131 Å². The minimum absolute atomic E-state index is 0.975. The van der Waals surface area contributed by atoms with Crippen LogP contribution in [0.4, 0.5) is 0 Å². The van der Waals surface area contributed by atoms with Gasteiger partial charge in [0.25, 0.3) is 0 Å². The molecular weight excluding hydrogens is 667 g/mol. The van der Waals surface area contributed by atoms with E-state index in [1.165, 1.54) is 102 Å². The maximum Gasteiger partial charge on any atom is 0.139 e. The van der Waals surface area contributed by atoms with E-state index in [9.17, 15) is 0 Å². The number of rotatable bonds is 4. The number of imidazole rings is 1. The number of aromatic nitrogens is 2. The summed E-state index contributed by atoms with van der Waals surface area (Å²) < 4.78 is 4.96. The van der Waals surface area contributed by atoms with Crippen molar-refractivity contribution in [3.63, 3.8) is 0 Å². The average molecular weight is 702 g/mol. The molecule has 250 valence electrons. The highest BCUT2D eigenvalue weighted by Gasteiger charge is 2.23. The van der Waals surface area contributed by atoms with E-state index in [4.69, 9.17) is 4.98 Å². The molecule has 0 fully saturated rings. The van der Waals surface area contributed by atoms with E-state index >= 15 is 0 Å². The first kappa shape index (κ1) is 32.9. The molecule has 0 bridgehead atoms. The fraction of sp³-hybridized carbons (Fsp3) is 0.0217. The fourth-order valence-electron chi connectivity index (χ4n) is 9.16. The summed E-state index contributed by atoms with van der Waals surface area (Å²) in [5.41, 5.74) is 17.7. The standard InChI is InChI=1S/C46H35B5N2S/c1-24-52-33-16-6-8-18-35(33)53(24)34-17-7-4-13-29(34)39-26-11-2-3-12-27(26)40(31-15-10-20-37-41(31)30-14-5-9-19-36(30)54-37)32-23-25(21-22-28(32)39)38-42(47)44(49)46(51)45(50)43(38)48/h2-23H,47-51H2,1H3. The second kappa shape index (κ2) is 12.4. The quantitative estimate of drug-likeness (QED) is 0.198. The Kier molecular flexibility index (Phi) is 7.58. The number of aryl methyl sites for hydroxylation is 1. The van der Waals surface area contributed by atoms with Gasteiger partial charge >= 0.3 is 0 Å². The maximum absolute atomic E-state index is 5.00. The predicted octanol–water partition coefficient (Wildman–Crippen LogP) is 4.30. The molecule has 10 aromatic rings. The van der Waals surface area contributed by atoms with Gasteiger partial charge in [0.1, 0.15) is 45.1 Å². The van der Waals surface area contributed by atoms with E-state index in [0.29, 0.717) is 0 Å². The summed E-state index contributed by atoms with van der Waals surface area (Å²) in [6.07, 6.45) is 0. The average Bonchev–Trinajstić information content (AvgIpc) is 3.75. The van der Waals surface area contributed by atoms with E-state index in [2.05, 4.69) is 184 Å². The van der Waals surface area contributed by atoms with Crippen molar-refractivity contribution in [2.45, 2.75) is 6.92 Å². The van der Waals surface area contributed by atoms with Crippen molar-refractivity contribution in [2.75, 3.05) is 0 Å². The Balaban J connectivity index is 1.39. The lowest BCUT2D eigenvalue weighted by Crippen LogP contribution is -2.55. The van der Waals surface area contributed by atoms with Crippen LogP contribution in [0.3, 0.4) is 0 Å². The third kappa shape index (κ3) is 4.76. The van der Waals surface area contributed by atoms with Crippen LogP contribution < -0.4 is 27.3 Å². The molecule has 0 aliphatic rings. The highest BCUT2D eigenvalue weighted by Crippen LogP contribution is 2.49. The summed E-state index contributed by atoms with van der Waals surface area (Å²) in [6, 6.07) is 49.4. The van der Waals surface area contributed by atoms with Gasteiger partial charge in [-0.15, -0.1) is 27.7 Å². The van der Waals surface area contributed by atoms with Crippen LogP contribution in [-0.4, -0.2) is 48.8 Å². The van der Waals surface area contributed by atoms with Crippen LogP contribution in [0.15, 0.2) is 133 Å². The second-order valence-electron chi connectivity index (χ2n) is 14.8. The fourth-order valence-corrected chi connectivity index (χ4v) is 10.3. The number of benzene rings is 8. The Hall–Kier alpha value is -5.71. The Bertz CT molecular complexity index is 3170. The van der Waals surface area contributed by atoms with E-state index in [-0.39, 0.29) is 0 Å². The first-order valence-electron chi connectivity index (χ1n) is 18.8. The predicted molar refractivity (Wildman–Crippen MR) is 251 cm³/mol. The Morgan fingerprint density at radius 1 is 0.481 bits per heavy atom. The van der Waals surface area contributed by atoms with E-state index in [0.717, 1.165) is 22.5 Å². The largest absolute Gasteiger partial charge is 0.296 e. The Morgan fingerprint density at radius 3 is 1.83 bits per heavy atom.